The third-order valence-electron chi connectivity index (χ3n) is 5.77. The van der Waals surface area contributed by atoms with Crippen molar-refractivity contribution in [1.29, 1.82) is 0 Å². The number of para-hydroxylation sites is 1. The number of hydrogen-bond donors (Lipinski definition) is 4. The number of benzene rings is 2. The van der Waals surface area contributed by atoms with E-state index in [0.717, 1.165) is 0 Å². The molecule has 0 heterocycles. The third kappa shape index (κ3) is 7.61. The van der Waals surface area contributed by atoms with Gasteiger partial charge in [-0.1, -0.05) is 35.9 Å². The van der Waals surface area contributed by atoms with Crippen LogP contribution in [0.3, 0.4) is 0 Å². The largest absolute Gasteiger partial charge is 0.508 e. The Kier molecular flexibility index (Phi) is 8.88. The summed E-state index contributed by atoms with van der Waals surface area (Å²) >= 11 is 6.34. The van der Waals surface area contributed by atoms with E-state index in [1.54, 1.807) is 58.0 Å². The number of nitrogens with two attached hydrogens (primary N) is 1. The van der Waals surface area contributed by atoms with Gasteiger partial charge in [-0.2, -0.15) is 0 Å². The predicted octanol–water partition coefficient (Wildman–Crippen LogP) is 3.79. The van der Waals surface area contributed by atoms with Crippen LogP contribution in [0.5, 0.6) is 5.75 Å². The number of nitrogens with zero attached hydrogens (tertiary/aromatic N) is 1. The molecule has 0 aromatic heterocycles. The van der Waals surface area contributed by atoms with Gasteiger partial charge in [-0.05, 0) is 69.9 Å². The summed E-state index contributed by atoms with van der Waals surface area (Å²) in [4.78, 5) is 53.4. The van der Waals surface area contributed by atoms with Crippen LogP contribution in [-0.2, 0) is 19.1 Å². The van der Waals surface area contributed by atoms with Crippen LogP contribution in [0.25, 0.3) is 0 Å². The summed E-state index contributed by atoms with van der Waals surface area (Å²) in [5.74, 6) is -2.18. The fraction of sp³-hybridized carbons (Fsp3) is 0.407. The molecule has 2 aromatic carbocycles. The zero-order valence-electron chi connectivity index (χ0n) is 21.8. The monoisotopic (exact) mass is 544 g/mol. The van der Waals surface area contributed by atoms with E-state index in [1.807, 2.05) is 0 Å². The van der Waals surface area contributed by atoms with Crippen molar-refractivity contribution < 1.29 is 29.0 Å². The number of alkyl carbamates (subject to hydrolysis) is 1. The van der Waals surface area contributed by atoms with E-state index in [0.29, 0.717) is 34.7 Å². The predicted molar refractivity (Wildman–Crippen MR) is 143 cm³/mol. The molecule has 0 radical (unpaired) electrons. The van der Waals surface area contributed by atoms with Crippen molar-refractivity contribution in [3.8, 4) is 5.75 Å². The van der Waals surface area contributed by atoms with Gasteiger partial charge in [-0.25, -0.2) is 4.79 Å². The van der Waals surface area contributed by atoms with Crippen LogP contribution in [-0.4, -0.2) is 51.5 Å². The summed E-state index contributed by atoms with van der Waals surface area (Å²) in [6.07, 6.45) is -0.193. The van der Waals surface area contributed by atoms with Crippen molar-refractivity contribution in [3.05, 3.63) is 58.6 Å². The van der Waals surface area contributed by atoms with Gasteiger partial charge in [-0.3, -0.25) is 14.4 Å². The smallest absolute Gasteiger partial charge is 0.408 e. The molecule has 4 amide bonds. The molecule has 0 bridgehead atoms. The fourth-order valence-corrected chi connectivity index (χ4v) is 4.29. The molecule has 0 spiro atoms. The van der Waals surface area contributed by atoms with Gasteiger partial charge < -0.3 is 31.1 Å². The van der Waals surface area contributed by atoms with Crippen LogP contribution in [0.15, 0.2) is 42.5 Å². The Hall–Kier alpha value is -3.79. The number of aromatic hydroxyl groups is 1. The van der Waals surface area contributed by atoms with Gasteiger partial charge in [0.15, 0.2) is 0 Å². The van der Waals surface area contributed by atoms with Gasteiger partial charge in [0.05, 0.1) is 17.1 Å². The van der Waals surface area contributed by atoms with Crippen molar-refractivity contribution in [2.75, 3.05) is 5.32 Å². The Bertz CT molecular complexity index is 1200. The third-order valence-corrected chi connectivity index (χ3v) is 6.09. The molecular weight excluding hydrogens is 512 g/mol. The Morgan fingerprint density at radius 2 is 1.82 bits per heavy atom. The van der Waals surface area contributed by atoms with E-state index >= 15 is 0 Å². The standard InChI is InChI=1S/C27H33ClN4O6/c1-15-7-5-10-19(28)22(15)31-24(35)23(16-8-6-9-18(33)13-16)32(17-11-12-17)25(36)20(14-21(29)34)30-26(37)38-27(2,3)4/h5-10,13,17,20,23,33H,11-12,14H2,1-4H3,(H2,29,34)(H,30,37)(H,31,35). The average molecular weight is 545 g/mol. The lowest BCUT2D eigenvalue weighted by molar-refractivity contribution is -0.142. The number of primary amides is 1. The lowest BCUT2D eigenvalue weighted by Crippen LogP contribution is -2.54. The van der Waals surface area contributed by atoms with Gasteiger partial charge in [-0.15, -0.1) is 0 Å². The first-order valence-corrected chi connectivity index (χ1v) is 12.6. The Balaban J connectivity index is 2.02. The number of ether oxygens (including phenoxy) is 1. The van der Waals surface area contributed by atoms with Crippen molar-refractivity contribution >= 4 is 41.1 Å². The van der Waals surface area contributed by atoms with Crippen molar-refractivity contribution in [2.24, 2.45) is 5.73 Å². The number of phenolic OH excluding ortho intramolecular Hbond substituents is 1. The van der Waals surface area contributed by atoms with E-state index in [9.17, 15) is 24.3 Å². The van der Waals surface area contributed by atoms with Crippen LogP contribution < -0.4 is 16.4 Å². The van der Waals surface area contributed by atoms with Gasteiger partial charge >= 0.3 is 6.09 Å². The Morgan fingerprint density at radius 1 is 1.16 bits per heavy atom. The van der Waals surface area contributed by atoms with Gasteiger partial charge in [0.2, 0.25) is 11.8 Å². The minimum Gasteiger partial charge on any atom is -0.508 e. The average Bonchev–Trinajstić information content (AvgIpc) is 3.62. The molecular formula is C27H33ClN4O6. The molecule has 204 valence electrons. The highest BCUT2D eigenvalue weighted by Gasteiger charge is 2.44. The van der Waals surface area contributed by atoms with Crippen LogP contribution >= 0.6 is 11.6 Å². The molecule has 3 rings (SSSR count). The van der Waals surface area contributed by atoms with Crippen molar-refractivity contribution in [2.45, 2.75) is 70.7 Å². The van der Waals surface area contributed by atoms with E-state index < -0.39 is 47.9 Å². The summed E-state index contributed by atoms with van der Waals surface area (Å²) in [5, 5.41) is 15.7. The molecule has 2 unspecified atom stereocenters. The number of carbonyl (C=O) groups is 4. The molecule has 1 aliphatic carbocycles. The van der Waals surface area contributed by atoms with E-state index in [4.69, 9.17) is 22.1 Å². The number of amides is 4. The summed E-state index contributed by atoms with van der Waals surface area (Å²) in [7, 11) is 0. The van der Waals surface area contributed by atoms with Gasteiger partial charge in [0.1, 0.15) is 23.4 Å². The number of carbonyl (C=O) groups excluding carboxylic acids is 4. The van der Waals surface area contributed by atoms with Gasteiger partial charge in [0, 0.05) is 6.04 Å². The molecule has 1 fully saturated rings. The molecule has 2 atom stereocenters. The number of nitrogens with one attached hydrogen (secondary N) is 2. The maximum Gasteiger partial charge on any atom is 0.408 e. The number of phenols is 1. The van der Waals surface area contributed by atoms with Gasteiger partial charge in [0.25, 0.3) is 5.91 Å². The minimum absolute atomic E-state index is 0.0991. The molecule has 11 heteroatoms. The summed E-state index contributed by atoms with van der Waals surface area (Å²) in [6, 6.07) is 8.22. The molecule has 0 aliphatic heterocycles. The maximum atomic E-state index is 13.9. The topological polar surface area (TPSA) is 151 Å². The minimum atomic E-state index is -1.38. The molecule has 5 N–H and O–H groups in total. The Morgan fingerprint density at radius 3 is 2.37 bits per heavy atom. The highest BCUT2D eigenvalue weighted by molar-refractivity contribution is 6.34. The molecule has 10 nitrogen and oxygen atoms in total. The number of rotatable bonds is 9. The molecule has 0 saturated heterocycles. The Labute approximate surface area is 226 Å². The first-order valence-electron chi connectivity index (χ1n) is 12.2. The number of hydrogen-bond acceptors (Lipinski definition) is 6. The lowest BCUT2D eigenvalue weighted by atomic mass is 10.0. The number of halogens is 1. The second-order valence-corrected chi connectivity index (χ2v) is 10.7. The zero-order chi connectivity index (χ0) is 28.2. The first kappa shape index (κ1) is 28.8. The second kappa shape index (κ2) is 11.7. The maximum absolute atomic E-state index is 13.9. The molecule has 1 saturated carbocycles. The fourth-order valence-electron chi connectivity index (χ4n) is 4.02. The van der Waals surface area contributed by atoms with E-state index in [-0.39, 0.29) is 11.8 Å². The summed E-state index contributed by atoms with van der Waals surface area (Å²) in [5.41, 5.74) is 5.98. The quantitative estimate of drug-likeness (QED) is 0.377. The number of anilines is 1. The van der Waals surface area contributed by atoms with Crippen molar-refractivity contribution in [3.63, 3.8) is 0 Å². The lowest BCUT2D eigenvalue weighted by Gasteiger charge is -2.34. The van der Waals surface area contributed by atoms with E-state index in [1.165, 1.54) is 17.0 Å². The SMILES string of the molecule is Cc1cccc(Cl)c1NC(=O)C(c1cccc(O)c1)N(C(=O)C(CC(N)=O)NC(=O)OC(C)(C)C)C1CC1. The van der Waals surface area contributed by atoms with Crippen LogP contribution in [0.1, 0.15) is 57.2 Å². The highest BCUT2D eigenvalue weighted by Crippen LogP contribution is 2.37. The molecule has 1 aliphatic rings. The number of aryl methyl sites for hydroxylation is 1. The van der Waals surface area contributed by atoms with Crippen LogP contribution in [0.4, 0.5) is 10.5 Å². The summed E-state index contributed by atoms with van der Waals surface area (Å²) in [6.45, 7) is 6.76. The van der Waals surface area contributed by atoms with Crippen LogP contribution in [0.2, 0.25) is 5.02 Å². The zero-order valence-corrected chi connectivity index (χ0v) is 22.5. The normalized spacial score (nSPS) is 14.7. The van der Waals surface area contributed by atoms with Crippen molar-refractivity contribution in [1.82, 2.24) is 10.2 Å². The molecule has 38 heavy (non-hydrogen) atoms. The first-order chi connectivity index (χ1) is 17.8. The second-order valence-electron chi connectivity index (χ2n) is 10.3. The van der Waals surface area contributed by atoms with Crippen LogP contribution in [0, 0.1) is 6.92 Å². The molecule has 2 aromatic rings. The van der Waals surface area contributed by atoms with E-state index in [2.05, 4.69) is 10.6 Å². The summed E-state index contributed by atoms with van der Waals surface area (Å²) < 4.78 is 5.27. The highest BCUT2D eigenvalue weighted by atomic mass is 35.5.